The molecule has 0 aliphatic rings. The maximum absolute atomic E-state index is 13.2. The Morgan fingerprint density at radius 3 is 1.94 bits per heavy atom. The van der Waals surface area contributed by atoms with E-state index in [1.165, 1.54) is 0 Å². The molecule has 0 atom stereocenters. The third-order valence-corrected chi connectivity index (χ3v) is 1.80. The van der Waals surface area contributed by atoms with Crippen LogP contribution in [0.5, 0.6) is 0 Å². The van der Waals surface area contributed by atoms with Crippen LogP contribution >= 0.6 is 0 Å². The predicted molar refractivity (Wildman–Crippen MR) is 47.7 cm³/mol. The van der Waals surface area contributed by atoms with E-state index in [0.29, 0.717) is 12.2 Å². The Morgan fingerprint density at radius 2 is 1.59 bits per heavy atom. The first kappa shape index (κ1) is 12.7. The fourth-order valence-electron chi connectivity index (χ4n) is 1.05. The van der Waals surface area contributed by atoms with Gasteiger partial charge >= 0.3 is 5.97 Å². The van der Waals surface area contributed by atoms with Crippen LogP contribution in [0.25, 0.3) is 6.08 Å². The van der Waals surface area contributed by atoms with Crippen molar-refractivity contribution in [2.45, 2.75) is 0 Å². The Labute approximate surface area is 92.2 Å². The molecular weight excluding hydrogens is 242 g/mol. The molecule has 0 fully saturated rings. The Bertz CT molecular complexity index is 531. The molecule has 0 heterocycles. The first-order chi connectivity index (χ1) is 7.90. The zero-order chi connectivity index (χ0) is 13.2. The van der Waals surface area contributed by atoms with Crippen molar-refractivity contribution in [1.29, 1.82) is 5.26 Å². The van der Waals surface area contributed by atoms with Crippen molar-refractivity contribution in [2.24, 2.45) is 0 Å². The van der Waals surface area contributed by atoms with Gasteiger partial charge in [0.1, 0.15) is 11.6 Å². The molecule has 1 N–H and O–H groups in total. The number of nitriles is 1. The van der Waals surface area contributed by atoms with Crippen LogP contribution in [-0.2, 0) is 4.79 Å². The number of nitrogens with zero attached hydrogens (tertiary/aromatic N) is 1. The van der Waals surface area contributed by atoms with E-state index in [1.807, 2.05) is 0 Å². The molecule has 1 rings (SSSR count). The molecule has 1 aromatic rings. The number of carboxylic acids is 1. The van der Waals surface area contributed by atoms with E-state index in [0.717, 1.165) is 6.07 Å². The van der Waals surface area contributed by atoms with Gasteiger partial charge in [0.05, 0.1) is 5.56 Å². The highest BCUT2D eigenvalue weighted by molar-refractivity contribution is 5.85. The van der Waals surface area contributed by atoms with Gasteiger partial charge in [-0.05, 0) is 6.08 Å². The molecule has 0 spiro atoms. The SMILES string of the molecule is N#Cc1c(F)c(F)c(/C=C/C(=O)O)c(F)c1F. The first-order valence-electron chi connectivity index (χ1n) is 4.07. The number of benzene rings is 1. The molecular formula is C10H3F4NO2. The summed E-state index contributed by atoms with van der Waals surface area (Å²) in [7, 11) is 0. The average Bonchev–Trinajstić information content (AvgIpc) is 2.27. The van der Waals surface area contributed by atoms with Crippen LogP contribution in [-0.4, -0.2) is 11.1 Å². The van der Waals surface area contributed by atoms with Gasteiger partial charge in [0.25, 0.3) is 0 Å². The molecule has 0 bridgehead atoms. The summed E-state index contributed by atoms with van der Waals surface area (Å²) in [6.07, 6.45) is 0.673. The van der Waals surface area contributed by atoms with Gasteiger partial charge in [0, 0.05) is 6.08 Å². The Morgan fingerprint density at radius 1 is 1.12 bits per heavy atom. The van der Waals surface area contributed by atoms with Gasteiger partial charge in [-0.2, -0.15) is 5.26 Å². The van der Waals surface area contributed by atoms with E-state index in [2.05, 4.69) is 0 Å². The van der Waals surface area contributed by atoms with Crippen LogP contribution in [0.4, 0.5) is 17.6 Å². The smallest absolute Gasteiger partial charge is 0.328 e. The summed E-state index contributed by atoms with van der Waals surface area (Å²) in [5.41, 5.74) is -2.59. The second-order valence-electron chi connectivity index (χ2n) is 2.83. The van der Waals surface area contributed by atoms with E-state index < -0.39 is 40.4 Å². The molecule has 17 heavy (non-hydrogen) atoms. The van der Waals surface area contributed by atoms with Crippen LogP contribution in [0.15, 0.2) is 6.08 Å². The molecule has 0 unspecified atom stereocenters. The second kappa shape index (κ2) is 4.65. The third-order valence-electron chi connectivity index (χ3n) is 1.80. The van der Waals surface area contributed by atoms with E-state index in [-0.39, 0.29) is 0 Å². The molecule has 7 heteroatoms. The number of carboxylic acid groups (broad SMARTS) is 1. The number of hydrogen-bond donors (Lipinski definition) is 1. The van der Waals surface area contributed by atoms with Gasteiger partial charge in [-0.1, -0.05) is 0 Å². The summed E-state index contributed by atoms with van der Waals surface area (Å²) in [6.45, 7) is 0. The summed E-state index contributed by atoms with van der Waals surface area (Å²) >= 11 is 0. The van der Waals surface area contributed by atoms with Gasteiger partial charge in [0.15, 0.2) is 23.3 Å². The topological polar surface area (TPSA) is 61.1 Å². The summed E-state index contributed by atoms with van der Waals surface area (Å²) < 4.78 is 52.4. The van der Waals surface area contributed by atoms with Crippen LogP contribution in [0.1, 0.15) is 11.1 Å². The van der Waals surface area contributed by atoms with Gasteiger partial charge < -0.3 is 5.11 Å². The van der Waals surface area contributed by atoms with E-state index in [9.17, 15) is 22.4 Å². The fourth-order valence-corrected chi connectivity index (χ4v) is 1.05. The number of hydrogen-bond acceptors (Lipinski definition) is 2. The minimum Gasteiger partial charge on any atom is -0.478 e. The zero-order valence-electron chi connectivity index (χ0n) is 7.97. The zero-order valence-corrected chi connectivity index (χ0v) is 7.97. The van der Waals surface area contributed by atoms with Crippen molar-refractivity contribution in [2.75, 3.05) is 0 Å². The molecule has 0 amide bonds. The molecule has 0 radical (unpaired) electrons. The average molecular weight is 245 g/mol. The van der Waals surface area contributed by atoms with Crippen LogP contribution < -0.4 is 0 Å². The lowest BCUT2D eigenvalue weighted by molar-refractivity contribution is -0.131. The number of aliphatic carboxylic acids is 1. The molecule has 0 aromatic heterocycles. The highest BCUT2D eigenvalue weighted by Crippen LogP contribution is 2.24. The number of carbonyl (C=O) groups is 1. The van der Waals surface area contributed by atoms with Crippen LogP contribution in [0.2, 0.25) is 0 Å². The molecule has 0 aliphatic carbocycles. The second-order valence-corrected chi connectivity index (χ2v) is 2.83. The van der Waals surface area contributed by atoms with Crippen LogP contribution in [0, 0.1) is 34.6 Å². The maximum Gasteiger partial charge on any atom is 0.328 e. The first-order valence-corrected chi connectivity index (χ1v) is 4.07. The predicted octanol–water partition coefficient (Wildman–Crippen LogP) is 2.21. The fraction of sp³-hybridized carbons (Fsp3) is 0. The summed E-state index contributed by atoms with van der Waals surface area (Å²) in [6, 6.07) is 0.967. The van der Waals surface area contributed by atoms with Gasteiger partial charge in [0.2, 0.25) is 0 Å². The Balaban J connectivity index is 3.55. The third kappa shape index (κ3) is 2.25. The normalized spacial score (nSPS) is 10.5. The summed E-state index contributed by atoms with van der Waals surface area (Å²) in [5.74, 6) is -8.92. The molecule has 1 aromatic carbocycles. The van der Waals surface area contributed by atoms with Crippen molar-refractivity contribution in [3.8, 4) is 6.07 Å². The molecule has 88 valence electrons. The van der Waals surface area contributed by atoms with E-state index in [1.54, 1.807) is 0 Å². The van der Waals surface area contributed by atoms with Crippen molar-refractivity contribution >= 4 is 12.0 Å². The maximum atomic E-state index is 13.2. The number of halogens is 4. The van der Waals surface area contributed by atoms with Crippen molar-refractivity contribution < 1.29 is 27.5 Å². The number of rotatable bonds is 2. The summed E-state index contributed by atoms with van der Waals surface area (Å²) in [5, 5.41) is 16.5. The van der Waals surface area contributed by atoms with Gasteiger partial charge in [-0.3, -0.25) is 0 Å². The highest BCUT2D eigenvalue weighted by Gasteiger charge is 2.23. The molecule has 0 saturated heterocycles. The van der Waals surface area contributed by atoms with E-state index in [4.69, 9.17) is 10.4 Å². The highest BCUT2D eigenvalue weighted by atomic mass is 19.2. The summed E-state index contributed by atoms with van der Waals surface area (Å²) in [4.78, 5) is 10.1. The molecule has 0 saturated carbocycles. The Hall–Kier alpha value is -2.36. The monoisotopic (exact) mass is 245 g/mol. The van der Waals surface area contributed by atoms with Crippen molar-refractivity contribution in [1.82, 2.24) is 0 Å². The lowest BCUT2D eigenvalue weighted by Gasteiger charge is -2.04. The van der Waals surface area contributed by atoms with E-state index >= 15 is 0 Å². The lowest BCUT2D eigenvalue weighted by Crippen LogP contribution is -2.04. The van der Waals surface area contributed by atoms with Crippen molar-refractivity contribution in [3.63, 3.8) is 0 Å². The van der Waals surface area contributed by atoms with Crippen LogP contribution in [0.3, 0.4) is 0 Å². The van der Waals surface area contributed by atoms with Gasteiger partial charge in [-0.15, -0.1) is 0 Å². The van der Waals surface area contributed by atoms with Crippen molar-refractivity contribution in [3.05, 3.63) is 40.5 Å². The largest absolute Gasteiger partial charge is 0.478 e. The minimum atomic E-state index is -1.86. The molecule has 3 nitrogen and oxygen atoms in total. The minimum absolute atomic E-state index is 0.312. The quantitative estimate of drug-likeness (QED) is 0.493. The van der Waals surface area contributed by atoms with Gasteiger partial charge in [-0.25, -0.2) is 22.4 Å². The molecule has 0 aliphatic heterocycles. The Kier molecular flexibility index (Phi) is 3.48. The lowest BCUT2D eigenvalue weighted by atomic mass is 10.1. The standard InChI is InChI=1S/C10H3F4NO2/c11-7-4(1-2-6(16)17)8(12)10(14)5(3-15)9(7)13/h1-2H,(H,16,17)/b2-1+.